The molecule has 0 unspecified atom stereocenters. The monoisotopic (exact) mass is 311 g/mol. The van der Waals surface area contributed by atoms with Crippen LogP contribution in [-0.4, -0.2) is 30.7 Å². The molecule has 6 heteroatoms. The quantitative estimate of drug-likeness (QED) is 0.846. The lowest BCUT2D eigenvalue weighted by Crippen LogP contribution is -2.37. The summed E-state index contributed by atoms with van der Waals surface area (Å²) in [5.41, 5.74) is 0.810. The third kappa shape index (κ3) is 4.44. The van der Waals surface area contributed by atoms with Gasteiger partial charge < -0.3 is 14.8 Å². The van der Waals surface area contributed by atoms with Gasteiger partial charge in [0.15, 0.2) is 12.2 Å². The first kappa shape index (κ1) is 15.8. The van der Waals surface area contributed by atoms with Gasteiger partial charge in [-0.3, -0.25) is 4.79 Å². The van der Waals surface area contributed by atoms with Crippen LogP contribution in [-0.2, 0) is 25.6 Å². The van der Waals surface area contributed by atoms with E-state index in [-0.39, 0.29) is 5.91 Å². The largest absolute Gasteiger partial charge is 0.451 e. The Bertz CT molecular complexity index is 514. The minimum atomic E-state index is -0.857. The van der Waals surface area contributed by atoms with Crippen LogP contribution in [0.5, 0.6) is 0 Å². The van der Waals surface area contributed by atoms with E-state index < -0.39 is 18.2 Å². The van der Waals surface area contributed by atoms with E-state index in [2.05, 4.69) is 5.32 Å². The highest BCUT2D eigenvalue weighted by Gasteiger charge is 2.28. The van der Waals surface area contributed by atoms with Crippen LogP contribution < -0.4 is 5.32 Å². The maximum atomic E-state index is 11.9. The summed E-state index contributed by atoms with van der Waals surface area (Å²) in [6.07, 6.45) is 0.0904. The smallest absolute Gasteiger partial charge is 0.336 e. The molecule has 114 valence electrons. The molecule has 1 aromatic rings. The van der Waals surface area contributed by atoms with Crippen molar-refractivity contribution in [1.29, 1.82) is 0 Å². The third-order valence-electron chi connectivity index (χ3n) is 3.27. The Kier molecular flexibility index (Phi) is 5.59. The van der Waals surface area contributed by atoms with E-state index in [4.69, 9.17) is 21.1 Å². The number of ether oxygens (including phenoxy) is 2. The maximum absolute atomic E-state index is 11.9. The number of carbonyl (C=O) groups excluding carboxylic acids is 2. The molecule has 1 aliphatic rings. The first-order chi connectivity index (χ1) is 10.1. The van der Waals surface area contributed by atoms with Crippen LogP contribution in [0.15, 0.2) is 24.3 Å². The second-order valence-corrected chi connectivity index (χ2v) is 5.30. The fourth-order valence-corrected chi connectivity index (χ4v) is 2.24. The van der Waals surface area contributed by atoms with Crippen molar-refractivity contribution in [2.45, 2.75) is 38.5 Å². The lowest BCUT2D eigenvalue weighted by Gasteiger charge is -2.16. The zero-order valence-corrected chi connectivity index (χ0v) is 12.6. The molecule has 1 aromatic carbocycles. The van der Waals surface area contributed by atoms with Gasteiger partial charge in [0.2, 0.25) is 0 Å². The van der Waals surface area contributed by atoms with Crippen LogP contribution in [0.1, 0.15) is 25.3 Å². The summed E-state index contributed by atoms with van der Waals surface area (Å²) in [6, 6.07) is 7.24. The molecule has 0 aliphatic carbocycles. The number of benzene rings is 1. The van der Waals surface area contributed by atoms with Gasteiger partial charge in [0.1, 0.15) is 0 Å². The molecular weight excluding hydrogens is 294 g/mol. The number of carbonyl (C=O) groups is 2. The van der Waals surface area contributed by atoms with E-state index in [1.54, 1.807) is 6.07 Å². The highest BCUT2D eigenvalue weighted by atomic mass is 35.5. The topological polar surface area (TPSA) is 64.6 Å². The lowest BCUT2D eigenvalue weighted by molar-refractivity contribution is -0.163. The van der Waals surface area contributed by atoms with Gasteiger partial charge in [0.25, 0.3) is 5.91 Å². The van der Waals surface area contributed by atoms with Gasteiger partial charge in [0.05, 0.1) is 0 Å². The molecule has 0 aromatic heterocycles. The molecule has 1 heterocycles. The van der Waals surface area contributed by atoms with E-state index in [0.29, 0.717) is 24.6 Å². The average Bonchev–Trinajstić information content (AvgIpc) is 3.00. The summed E-state index contributed by atoms with van der Waals surface area (Å²) in [4.78, 5) is 23.6. The predicted molar refractivity (Wildman–Crippen MR) is 77.8 cm³/mol. The molecule has 5 nitrogen and oxygen atoms in total. The Balaban J connectivity index is 1.79. The van der Waals surface area contributed by atoms with Crippen LogP contribution in [0.3, 0.4) is 0 Å². The summed E-state index contributed by atoms with van der Waals surface area (Å²) < 4.78 is 10.3. The zero-order chi connectivity index (χ0) is 15.2. The molecule has 0 radical (unpaired) electrons. The standard InChI is InChI=1S/C15H18ClNO4/c1-10(21-15(19)13-7-4-8-20-13)14(18)17-9-11-5-2-3-6-12(11)16/h2-3,5-6,10,13H,4,7-9H2,1H3,(H,17,18)/t10-,13-/m0/s1. The second-order valence-electron chi connectivity index (χ2n) is 4.89. The molecule has 0 bridgehead atoms. The van der Waals surface area contributed by atoms with E-state index in [1.165, 1.54) is 6.92 Å². The summed E-state index contributed by atoms with van der Waals surface area (Å²) >= 11 is 6.00. The van der Waals surface area contributed by atoms with Gasteiger partial charge in [-0.25, -0.2) is 4.79 Å². The summed E-state index contributed by atoms with van der Waals surface area (Å²) in [5.74, 6) is -0.839. The van der Waals surface area contributed by atoms with E-state index >= 15 is 0 Å². The number of nitrogens with one attached hydrogen (secondary N) is 1. The second kappa shape index (κ2) is 7.43. The van der Waals surface area contributed by atoms with Gasteiger partial charge >= 0.3 is 5.97 Å². The summed E-state index contributed by atoms with van der Waals surface area (Å²) in [5, 5.41) is 3.28. The number of amides is 1. The Morgan fingerprint density at radius 1 is 1.48 bits per heavy atom. The fourth-order valence-electron chi connectivity index (χ4n) is 2.04. The highest BCUT2D eigenvalue weighted by Crippen LogP contribution is 2.15. The Morgan fingerprint density at radius 3 is 2.90 bits per heavy atom. The molecule has 21 heavy (non-hydrogen) atoms. The number of hydrogen-bond donors (Lipinski definition) is 1. The molecule has 1 aliphatic heterocycles. The van der Waals surface area contributed by atoms with Crippen LogP contribution in [0.4, 0.5) is 0 Å². The lowest BCUT2D eigenvalue weighted by atomic mass is 10.2. The molecular formula is C15H18ClNO4. The van der Waals surface area contributed by atoms with Crippen molar-refractivity contribution in [2.75, 3.05) is 6.61 Å². The van der Waals surface area contributed by atoms with Crippen LogP contribution in [0.2, 0.25) is 5.02 Å². The summed E-state index contributed by atoms with van der Waals surface area (Å²) in [6.45, 7) is 2.39. The molecule has 1 N–H and O–H groups in total. The van der Waals surface area contributed by atoms with E-state index in [9.17, 15) is 9.59 Å². The predicted octanol–water partition coefficient (Wildman–Crippen LogP) is 2.07. The number of halogens is 1. The van der Waals surface area contributed by atoms with Gasteiger partial charge in [-0.05, 0) is 31.4 Å². The van der Waals surface area contributed by atoms with Crippen molar-refractivity contribution in [2.24, 2.45) is 0 Å². The maximum Gasteiger partial charge on any atom is 0.336 e. The van der Waals surface area contributed by atoms with Crippen molar-refractivity contribution >= 4 is 23.5 Å². The van der Waals surface area contributed by atoms with Gasteiger partial charge in [-0.2, -0.15) is 0 Å². The van der Waals surface area contributed by atoms with Crippen LogP contribution in [0.25, 0.3) is 0 Å². The van der Waals surface area contributed by atoms with Crippen molar-refractivity contribution in [1.82, 2.24) is 5.32 Å². The minimum absolute atomic E-state index is 0.292. The van der Waals surface area contributed by atoms with Crippen molar-refractivity contribution in [3.63, 3.8) is 0 Å². The molecule has 1 amide bonds. The van der Waals surface area contributed by atoms with Crippen molar-refractivity contribution in [3.8, 4) is 0 Å². The SMILES string of the molecule is C[C@H](OC(=O)[C@@H]1CCCO1)C(=O)NCc1ccccc1Cl. The van der Waals surface area contributed by atoms with Crippen LogP contribution in [0, 0.1) is 0 Å². The van der Waals surface area contributed by atoms with Crippen molar-refractivity contribution in [3.05, 3.63) is 34.9 Å². The third-order valence-corrected chi connectivity index (χ3v) is 3.63. The molecule has 1 saturated heterocycles. The van der Waals surface area contributed by atoms with Crippen LogP contribution >= 0.6 is 11.6 Å². The molecule has 2 atom stereocenters. The zero-order valence-electron chi connectivity index (χ0n) is 11.8. The average molecular weight is 312 g/mol. The van der Waals surface area contributed by atoms with Gasteiger partial charge in [0, 0.05) is 18.2 Å². The Morgan fingerprint density at radius 2 is 2.24 bits per heavy atom. The highest BCUT2D eigenvalue weighted by molar-refractivity contribution is 6.31. The molecule has 0 spiro atoms. The molecule has 1 fully saturated rings. The number of rotatable bonds is 5. The minimum Gasteiger partial charge on any atom is -0.451 e. The Labute approximate surface area is 128 Å². The van der Waals surface area contributed by atoms with Gasteiger partial charge in [-0.1, -0.05) is 29.8 Å². The molecule has 2 rings (SSSR count). The molecule has 0 saturated carbocycles. The number of hydrogen-bond acceptors (Lipinski definition) is 4. The number of esters is 1. The first-order valence-electron chi connectivity index (χ1n) is 6.91. The first-order valence-corrected chi connectivity index (χ1v) is 7.29. The van der Waals surface area contributed by atoms with E-state index in [0.717, 1.165) is 12.0 Å². The summed E-state index contributed by atoms with van der Waals surface area (Å²) in [7, 11) is 0. The van der Waals surface area contributed by atoms with E-state index in [1.807, 2.05) is 18.2 Å². The van der Waals surface area contributed by atoms with Gasteiger partial charge in [-0.15, -0.1) is 0 Å². The Hall–Kier alpha value is -1.59. The normalized spacial score (nSPS) is 19.0. The van der Waals surface area contributed by atoms with Crippen molar-refractivity contribution < 1.29 is 19.1 Å². The fraction of sp³-hybridized carbons (Fsp3) is 0.467.